The Balaban J connectivity index is 1.30. The minimum Gasteiger partial charge on any atom is -0.486 e. The summed E-state index contributed by atoms with van der Waals surface area (Å²) in [5, 5.41) is 9.67. The van der Waals surface area contributed by atoms with E-state index in [0.29, 0.717) is 23.9 Å². The molecule has 0 aliphatic carbocycles. The van der Waals surface area contributed by atoms with Crippen LogP contribution >= 0.6 is 11.6 Å². The summed E-state index contributed by atoms with van der Waals surface area (Å²) in [5.74, 6) is 1.29. The molecule has 1 N–H and O–H groups in total. The van der Waals surface area contributed by atoms with Crippen molar-refractivity contribution in [3.05, 3.63) is 83.5 Å². The number of rotatable bonds is 7. The van der Waals surface area contributed by atoms with Crippen LogP contribution < -0.4 is 10.1 Å². The summed E-state index contributed by atoms with van der Waals surface area (Å²) in [6.07, 6.45) is 3.25. The molecule has 0 saturated heterocycles. The highest BCUT2D eigenvalue weighted by Gasteiger charge is 2.11. The van der Waals surface area contributed by atoms with E-state index in [1.165, 1.54) is 0 Å². The van der Waals surface area contributed by atoms with E-state index in [0.717, 1.165) is 16.5 Å². The Morgan fingerprint density at radius 2 is 2.00 bits per heavy atom. The van der Waals surface area contributed by atoms with Gasteiger partial charge in [-0.3, -0.25) is 9.48 Å². The van der Waals surface area contributed by atoms with E-state index in [1.54, 1.807) is 29.2 Å². The fourth-order valence-electron chi connectivity index (χ4n) is 2.82. The monoisotopic (exact) mass is 395 g/mol. The normalized spacial score (nSPS) is 10.9. The molecule has 2 aromatic heterocycles. The number of aromatic nitrogens is 2. The van der Waals surface area contributed by atoms with Crippen LogP contribution in [0.15, 0.2) is 71.4 Å². The Morgan fingerprint density at radius 1 is 1.14 bits per heavy atom. The first kappa shape index (κ1) is 18.1. The van der Waals surface area contributed by atoms with Crippen molar-refractivity contribution in [1.82, 2.24) is 15.1 Å². The maximum absolute atomic E-state index is 12.2. The van der Waals surface area contributed by atoms with Gasteiger partial charge in [-0.05, 0) is 35.0 Å². The van der Waals surface area contributed by atoms with E-state index < -0.39 is 0 Å². The number of fused-ring (bicyclic) bond motifs is 1. The van der Waals surface area contributed by atoms with Gasteiger partial charge in [-0.25, -0.2) is 0 Å². The quantitative estimate of drug-likeness (QED) is 0.506. The lowest BCUT2D eigenvalue weighted by Crippen LogP contribution is -2.27. The number of ether oxygens (including phenoxy) is 1. The van der Waals surface area contributed by atoms with Crippen molar-refractivity contribution in [3.8, 4) is 5.75 Å². The number of benzene rings is 2. The van der Waals surface area contributed by atoms with E-state index in [-0.39, 0.29) is 18.3 Å². The van der Waals surface area contributed by atoms with Gasteiger partial charge in [-0.1, -0.05) is 41.9 Å². The largest absolute Gasteiger partial charge is 0.486 e. The number of hydrogen-bond donors (Lipinski definition) is 1. The smallest absolute Gasteiger partial charge is 0.287 e. The zero-order valence-corrected chi connectivity index (χ0v) is 15.7. The first-order valence-corrected chi connectivity index (χ1v) is 9.22. The molecule has 7 heteroatoms. The third-order valence-electron chi connectivity index (χ3n) is 4.22. The average molecular weight is 396 g/mol. The Morgan fingerprint density at radius 3 is 2.82 bits per heavy atom. The van der Waals surface area contributed by atoms with Crippen molar-refractivity contribution in [2.24, 2.45) is 0 Å². The molecular weight excluding hydrogens is 378 g/mol. The second kappa shape index (κ2) is 8.19. The van der Waals surface area contributed by atoms with Crippen molar-refractivity contribution < 1.29 is 13.9 Å². The Kier molecular flexibility index (Phi) is 5.30. The van der Waals surface area contributed by atoms with Crippen LogP contribution in [0.25, 0.3) is 10.8 Å². The number of hydrogen-bond acceptors (Lipinski definition) is 4. The van der Waals surface area contributed by atoms with Crippen molar-refractivity contribution >= 4 is 28.3 Å². The van der Waals surface area contributed by atoms with Crippen molar-refractivity contribution in [3.63, 3.8) is 0 Å². The van der Waals surface area contributed by atoms with Gasteiger partial charge in [0.2, 0.25) is 0 Å². The van der Waals surface area contributed by atoms with Crippen LogP contribution in [0.5, 0.6) is 5.75 Å². The van der Waals surface area contributed by atoms with Crippen molar-refractivity contribution in [2.45, 2.75) is 13.2 Å². The lowest BCUT2D eigenvalue weighted by molar-refractivity contribution is 0.0920. The van der Waals surface area contributed by atoms with Gasteiger partial charge in [0.05, 0.1) is 17.8 Å². The molecule has 6 nitrogen and oxygen atoms in total. The lowest BCUT2D eigenvalue weighted by atomic mass is 10.1. The Hall–Kier alpha value is -3.25. The van der Waals surface area contributed by atoms with Gasteiger partial charge in [-0.15, -0.1) is 0 Å². The topological polar surface area (TPSA) is 69.3 Å². The van der Waals surface area contributed by atoms with E-state index >= 15 is 0 Å². The second-order valence-corrected chi connectivity index (χ2v) is 6.68. The third kappa shape index (κ3) is 4.35. The molecule has 0 bridgehead atoms. The van der Waals surface area contributed by atoms with E-state index in [1.807, 2.05) is 36.4 Å². The summed E-state index contributed by atoms with van der Waals surface area (Å²) >= 11 is 5.81. The minimum atomic E-state index is -0.282. The standard InChI is InChI=1S/C21H18ClN3O3/c22-17-12-24-25(13-17)10-9-23-21(26)20-8-7-19(28-20)14-27-18-6-5-15-3-1-2-4-16(15)11-18/h1-8,11-13H,9-10,14H2,(H,23,26). The summed E-state index contributed by atoms with van der Waals surface area (Å²) in [6, 6.07) is 17.4. The molecule has 2 aromatic carbocycles. The molecule has 0 saturated carbocycles. The van der Waals surface area contributed by atoms with Crippen LogP contribution in [-0.4, -0.2) is 22.2 Å². The predicted molar refractivity (Wildman–Crippen MR) is 107 cm³/mol. The van der Waals surface area contributed by atoms with Crippen LogP contribution in [0.2, 0.25) is 5.02 Å². The number of carbonyl (C=O) groups is 1. The zero-order chi connectivity index (χ0) is 19.3. The number of furan rings is 1. The van der Waals surface area contributed by atoms with Crippen LogP contribution in [0.4, 0.5) is 0 Å². The Bertz CT molecular complexity index is 1100. The molecule has 0 unspecified atom stereocenters. The molecule has 28 heavy (non-hydrogen) atoms. The van der Waals surface area contributed by atoms with Gasteiger partial charge in [0, 0.05) is 12.7 Å². The van der Waals surface area contributed by atoms with Crippen molar-refractivity contribution in [1.29, 1.82) is 0 Å². The first-order valence-electron chi connectivity index (χ1n) is 8.84. The molecule has 4 aromatic rings. The van der Waals surface area contributed by atoms with Crippen LogP contribution in [0.3, 0.4) is 0 Å². The molecule has 2 heterocycles. The highest BCUT2D eigenvalue weighted by atomic mass is 35.5. The lowest BCUT2D eigenvalue weighted by Gasteiger charge is -2.06. The highest BCUT2D eigenvalue weighted by Crippen LogP contribution is 2.21. The second-order valence-electron chi connectivity index (χ2n) is 6.24. The number of halogens is 1. The van der Waals surface area contributed by atoms with Gasteiger partial charge >= 0.3 is 0 Å². The maximum atomic E-state index is 12.2. The zero-order valence-electron chi connectivity index (χ0n) is 15.0. The number of nitrogens with one attached hydrogen (secondary N) is 1. The van der Waals surface area contributed by atoms with Crippen LogP contribution in [-0.2, 0) is 13.2 Å². The molecular formula is C21H18ClN3O3. The van der Waals surface area contributed by atoms with Crippen LogP contribution in [0, 0.1) is 0 Å². The van der Waals surface area contributed by atoms with Gasteiger partial charge in [0.15, 0.2) is 5.76 Å². The first-order chi connectivity index (χ1) is 13.7. The van der Waals surface area contributed by atoms with Gasteiger partial charge in [0.25, 0.3) is 5.91 Å². The predicted octanol–water partition coefficient (Wildman–Crippen LogP) is 4.29. The van der Waals surface area contributed by atoms with Crippen LogP contribution in [0.1, 0.15) is 16.3 Å². The van der Waals surface area contributed by atoms with Gasteiger partial charge in [0.1, 0.15) is 18.1 Å². The van der Waals surface area contributed by atoms with E-state index in [2.05, 4.69) is 16.5 Å². The summed E-state index contributed by atoms with van der Waals surface area (Å²) in [5.41, 5.74) is 0. The molecule has 4 rings (SSSR count). The minimum absolute atomic E-state index is 0.246. The highest BCUT2D eigenvalue weighted by molar-refractivity contribution is 6.30. The molecule has 0 aliphatic heterocycles. The van der Waals surface area contributed by atoms with Gasteiger partial charge in [-0.2, -0.15) is 5.10 Å². The van der Waals surface area contributed by atoms with Gasteiger partial charge < -0.3 is 14.5 Å². The number of carbonyl (C=O) groups excluding carboxylic acids is 1. The molecule has 0 radical (unpaired) electrons. The Labute approximate surface area is 166 Å². The molecule has 142 valence electrons. The van der Waals surface area contributed by atoms with E-state index in [4.69, 9.17) is 20.8 Å². The number of nitrogens with zero attached hydrogens (tertiary/aromatic N) is 2. The van der Waals surface area contributed by atoms with Crippen molar-refractivity contribution in [2.75, 3.05) is 6.54 Å². The SMILES string of the molecule is O=C(NCCn1cc(Cl)cn1)c1ccc(COc2ccc3ccccc3c2)o1. The molecule has 1 amide bonds. The van der Waals surface area contributed by atoms with E-state index in [9.17, 15) is 4.79 Å². The summed E-state index contributed by atoms with van der Waals surface area (Å²) < 4.78 is 13.0. The molecule has 0 atom stereocenters. The summed E-state index contributed by atoms with van der Waals surface area (Å²) in [7, 11) is 0. The summed E-state index contributed by atoms with van der Waals surface area (Å²) in [4.78, 5) is 12.2. The number of amides is 1. The maximum Gasteiger partial charge on any atom is 0.287 e. The molecule has 0 aliphatic rings. The summed E-state index contributed by atoms with van der Waals surface area (Å²) in [6.45, 7) is 1.19. The third-order valence-corrected chi connectivity index (χ3v) is 4.41. The fourth-order valence-corrected chi connectivity index (χ4v) is 2.98. The molecule has 0 fully saturated rings. The average Bonchev–Trinajstić information content (AvgIpc) is 3.35. The fraction of sp³-hybridized carbons (Fsp3) is 0.143. The molecule has 0 spiro atoms.